The molecule has 0 saturated carbocycles. The van der Waals surface area contributed by atoms with E-state index in [9.17, 15) is 9.18 Å². The highest BCUT2D eigenvalue weighted by molar-refractivity contribution is 5.91. The van der Waals surface area contributed by atoms with Crippen molar-refractivity contribution in [1.82, 2.24) is 14.8 Å². The third-order valence-electron chi connectivity index (χ3n) is 5.62. The number of hydrogen-bond donors (Lipinski definition) is 1. The number of anilines is 1. The number of fused-ring (bicyclic) bond motifs is 1. The Kier molecular flexibility index (Phi) is 5.52. The Labute approximate surface area is 164 Å². The van der Waals surface area contributed by atoms with E-state index < -0.39 is 0 Å². The summed E-state index contributed by atoms with van der Waals surface area (Å²) >= 11 is 0. The van der Waals surface area contributed by atoms with Crippen molar-refractivity contribution < 1.29 is 9.18 Å². The molecule has 1 N–H and O–H groups in total. The van der Waals surface area contributed by atoms with Gasteiger partial charge in [0.15, 0.2) is 0 Å². The summed E-state index contributed by atoms with van der Waals surface area (Å²) in [7, 11) is 1.76. The normalized spacial score (nSPS) is 23.1. The number of carbonyl (C=O) groups excluding carboxylic acids is 1. The van der Waals surface area contributed by atoms with Gasteiger partial charge < -0.3 is 10.2 Å². The van der Waals surface area contributed by atoms with Gasteiger partial charge in [-0.25, -0.2) is 4.39 Å². The molecule has 2 aromatic rings. The Morgan fingerprint density at radius 1 is 1.39 bits per heavy atom. The minimum atomic E-state index is -0.337. The van der Waals surface area contributed by atoms with Crippen LogP contribution in [0.5, 0.6) is 0 Å². The Bertz CT molecular complexity index is 886. The molecule has 0 spiro atoms. The monoisotopic (exact) mass is 383 g/mol. The molecule has 4 rings (SSSR count). The lowest BCUT2D eigenvalue weighted by molar-refractivity contribution is -0.131. The van der Waals surface area contributed by atoms with Crippen LogP contribution in [0.3, 0.4) is 0 Å². The van der Waals surface area contributed by atoms with Crippen LogP contribution in [-0.2, 0) is 4.79 Å². The summed E-state index contributed by atoms with van der Waals surface area (Å²) in [5, 5.41) is 4.31. The van der Waals surface area contributed by atoms with Gasteiger partial charge in [-0.15, -0.1) is 0 Å². The van der Waals surface area contributed by atoms with Gasteiger partial charge in [-0.05, 0) is 37.5 Å². The van der Waals surface area contributed by atoms with Gasteiger partial charge >= 0.3 is 0 Å². The molecule has 1 aromatic carbocycles. The van der Waals surface area contributed by atoms with Gasteiger partial charge in [0.2, 0.25) is 5.91 Å². The van der Waals surface area contributed by atoms with E-state index in [1.165, 1.54) is 12.3 Å². The molecule has 1 amide bonds. The highest BCUT2D eigenvalue weighted by Gasteiger charge is 2.30. The number of benzene rings is 1. The van der Waals surface area contributed by atoms with Crippen molar-refractivity contribution in [3.63, 3.8) is 0 Å². The third kappa shape index (κ3) is 3.99. The molecule has 6 nitrogen and oxygen atoms in total. The number of nitrogens with zero attached hydrogens (tertiary/aromatic N) is 4. The van der Waals surface area contributed by atoms with Crippen molar-refractivity contribution in [3.05, 3.63) is 36.3 Å². The van der Waals surface area contributed by atoms with E-state index in [0.717, 1.165) is 55.5 Å². The van der Waals surface area contributed by atoms with Crippen LogP contribution in [0.2, 0.25) is 0 Å². The molecule has 28 heavy (non-hydrogen) atoms. The first-order valence-electron chi connectivity index (χ1n) is 9.89. The number of nitrogens with one attached hydrogen (secondary N) is 1. The average Bonchev–Trinajstić information content (AvgIpc) is 3.32. The van der Waals surface area contributed by atoms with E-state index >= 15 is 0 Å². The molecule has 2 atom stereocenters. The zero-order valence-corrected chi connectivity index (χ0v) is 16.1. The number of aliphatic imine (C=N–C) groups is 1. The first-order valence-corrected chi connectivity index (χ1v) is 9.89. The van der Waals surface area contributed by atoms with E-state index in [4.69, 9.17) is 0 Å². The second-order valence-corrected chi connectivity index (χ2v) is 7.59. The molecule has 0 aliphatic carbocycles. The zero-order chi connectivity index (χ0) is 19.5. The number of carbonyl (C=O) groups is 1. The van der Waals surface area contributed by atoms with Gasteiger partial charge in [0, 0.05) is 50.0 Å². The van der Waals surface area contributed by atoms with Gasteiger partial charge in [-0.1, -0.05) is 6.07 Å². The van der Waals surface area contributed by atoms with Gasteiger partial charge in [-0.2, -0.15) is 0 Å². The summed E-state index contributed by atoms with van der Waals surface area (Å²) in [6.45, 7) is 2.93. The smallest absolute Gasteiger partial charge is 0.237 e. The fourth-order valence-electron chi connectivity index (χ4n) is 4.27. The van der Waals surface area contributed by atoms with Crippen LogP contribution in [0.1, 0.15) is 19.3 Å². The number of likely N-dealkylation sites (tertiary alicyclic amines) is 2. The number of hydrogen-bond acceptors (Lipinski definition) is 5. The van der Waals surface area contributed by atoms with Crippen molar-refractivity contribution in [2.45, 2.75) is 31.3 Å². The quantitative estimate of drug-likeness (QED) is 0.806. The van der Waals surface area contributed by atoms with Crippen molar-refractivity contribution in [2.75, 3.05) is 38.5 Å². The Hall–Kier alpha value is -2.54. The van der Waals surface area contributed by atoms with Crippen LogP contribution in [-0.4, -0.2) is 72.2 Å². The minimum Gasteiger partial charge on any atom is -0.380 e. The SMILES string of the molecule is CN=C[C@@H]1CCCN1C(=O)CN1CC[C@@H](Nc2cccc3ncc(F)cc23)C1. The summed E-state index contributed by atoms with van der Waals surface area (Å²) in [6, 6.07) is 7.65. The summed E-state index contributed by atoms with van der Waals surface area (Å²) in [5.41, 5.74) is 1.66. The second-order valence-electron chi connectivity index (χ2n) is 7.59. The van der Waals surface area contributed by atoms with Gasteiger partial charge in [-0.3, -0.25) is 19.7 Å². The lowest BCUT2D eigenvalue weighted by Crippen LogP contribution is -2.43. The van der Waals surface area contributed by atoms with Crippen molar-refractivity contribution in [2.24, 2.45) is 4.99 Å². The summed E-state index contributed by atoms with van der Waals surface area (Å²) in [4.78, 5) is 25.1. The molecule has 2 saturated heterocycles. The van der Waals surface area contributed by atoms with Crippen molar-refractivity contribution >= 4 is 28.7 Å². The average molecular weight is 383 g/mol. The molecule has 0 bridgehead atoms. The molecule has 2 aliphatic rings. The van der Waals surface area contributed by atoms with Crippen LogP contribution >= 0.6 is 0 Å². The molecule has 0 radical (unpaired) electrons. The van der Waals surface area contributed by atoms with Gasteiger partial charge in [0.1, 0.15) is 5.82 Å². The second kappa shape index (κ2) is 8.22. The summed E-state index contributed by atoms with van der Waals surface area (Å²) in [6.07, 6.45) is 6.11. The molecular formula is C21H26FN5O. The Balaban J connectivity index is 1.37. The molecule has 2 fully saturated rings. The van der Waals surface area contributed by atoms with Crippen LogP contribution in [0.25, 0.3) is 10.9 Å². The maximum Gasteiger partial charge on any atom is 0.237 e. The largest absolute Gasteiger partial charge is 0.380 e. The molecule has 7 heteroatoms. The third-order valence-corrected chi connectivity index (χ3v) is 5.62. The first-order chi connectivity index (χ1) is 13.6. The molecule has 2 aliphatic heterocycles. The minimum absolute atomic E-state index is 0.145. The Morgan fingerprint density at radius 3 is 3.14 bits per heavy atom. The molecule has 148 valence electrons. The van der Waals surface area contributed by atoms with Crippen LogP contribution in [0, 0.1) is 5.82 Å². The van der Waals surface area contributed by atoms with Crippen LogP contribution < -0.4 is 5.32 Å². The highest BCUT2D eigenvalue weighted by atomic mass is 19.1. The number of aromatic nitrogens is 1. The summed E-state index contributed by atoms with van der Waals surface area (Å²) < 4.78 is 13.6. The number of rotatable bonds is 5. The summed E-state index contributed by atoms with van der Waals surface area (Å²) in [5.74, 6) is -0.157. The highest BCUT2D eigenvalue weighted by Crippen LogP contribution is 2.25. The number of halogens is 1. The first kappa shape index (κ1) is 18.8. The zero-order valence-electron chi connectivity index (χ0n) is 16.1. The molecule has 0 unspecified atom stereocenters. The van der Waals surface area contributed by atoms with E-state index in [2.05, 4.69) is 20.2 Å². The topological polar surface area (TPSA) is 60.8 Å². The predicted molar refractivity (Wildman–Crippen MR) is 109 cm³/mol. The predicted octanol–water partition coefficient (Wildman–Crippen LogP) is 2.55. The van der Waals surface area contributed by atoms with Crippen LogP contribution in [0.15, 0.2) is 35.5 Å². The molecular weight excluding hydrogens is 357 g/mol. The van der Waals surface area contributed by atoms with Gasteiger partial charge in [0.25, 0.3) is 0 Å². The molecule has 3 heterocycles. The number of pyridine rings is 1. The van der Waals surface area contributed by atoms with Crippen molar-refractivity contribution in [1.29, 1.82) is 0 Å². The maximum atomic E-state index is 13.6. The standard InChI is InChI=1S/C21H26FN5O/c1-23-12-17-4-3-8-27(17)21(28)14-26-9-7-16(13-26)25-20-6-2-5-19-18(20)10-15(22)11-24-19/h2,5-6,10-12,16-17,25H,3-4,7-9,13-14H2,1H3/t16-,17+/m1/s1. The molecule has 1 aromatic heterocycles. The van der Waals surface area contributed by atoms with E-state index in [1.807, 2.05) is 29.3 Å². The van der Waals surface area contributed by atoms with Crippen molar-refractivity contribution in [3.8, 4) is 0 Å². The fraction of sp³-hybridized carbons (Fsp3) is 0.476. The Morgan fingerprint density at radius 2 is 2.29 bits per heavy atom. The number of amides is 1. The van der Waals surface area contributed by atoms with E-state index in [0.29, 0.717) is 6.54 Å². The lowest BCUT2D eigenvalue weighted by Gasteiger charge is -2.25. The van der Waals surface area contributed by atoms with Gasteiger partial charge in [0.05, 0.1) is 24.3 Å². The van der Waals surface area contributed by atoms with Crippen LogP contribution in [0.4, 0.5) is 10.1 Å². The lowest BCUT2D eigenvalue weighted by atomic mass is 10.1. The maximum absolute atomic E-state index is 13.6. The van der Waals surface area contributed by atoms with E-state index in [1.54, 1.807) is 7.05 Å². The van der Waals surface area contributed by atoms with E-state index in [-0.39, 0.29) is 23.8 Å². The fourth-order valence-corrected chi connectivity index (χ4v) is 4.27.